The highest BCUT2D eigenvalue weighted by Crippen LogP contribution is 2.35. The lowest BCUT2D eigenvalue weighted by Crippen LogP contribution is -2.12. The average molecular weight is 272 g/mol. The molecule has 8 heteroatoms. The minimum atomic E-state index is -4.67. The molecule has 0 atom stereocenters. The molecule has 0 aliphatic rings. The van der Waals surface area contributed by atoms with Crippen molar-refractivity contribution in [3.63, 3.8) is 0 Å². The molecule has 0 saturated carbocycles. The van der Waals surface area contributed by atoms with Gasteiger partial charge >= 0.3 is 12.1 Å². The summed E-state index contributed by atoms with van der Waals surface area (Å²) in [6, 6.07) is 1.00. The Morgan fingerprint density at radius 2 is 2.11 bits per heavy atom. The second-order valence-electron chi connectivity index (χ2n) is 3.48. The van der Waals surface area contributed by atoms with E-state index in [0.717, 1.165) is 32.0 Å². The van der Waals surface area contributed by atoms with Crippen molar-refractivity contribution in [3.05, 3.63) is 36.1 Å². The van der Waals surface area contributed by atoms with Crippen LogP contribution < -0.4 is 0 Å². The summed E-state index contributed by atoms with van der Waals surface area (Å²) >= 11 is 0. The Morgan fingerprint density at radius 3 is 2.63 bits per heavy atom. The monoisotopic (exact) mass is 272 g/mol. The van der Waals surface area contributed by atoms with Gasteiger partial charge in [-0.3, -0.25) is 4.98 Å². The van der Waals surface area contributed by atoms with E-state index in [9.17, 15) is 18.0 Å². The van der Waals surface area contributed by atoms with Gasteiger partial charge in [0.2, 0.25) is 0 Å². The molecule has 0 saturated heterocycles. The number of pyridine rings is 1. The Bertz CT molecular complexity index is 594. The molecule has 0 amide bonds. The third-order valence-electron chi connectivity index (χ3n) is 2.28. The summed E-state index contributed by atoms with van der Waals surface area (Å²) in [6.45, 7) is 0. The molecule has 0 bridgehead atoms. The van der Waals surface area contributed by atoms with Gasteiger partial charge in [-0.2, -0.15) is 13.2 Å². The molecule has 2 rings (SSSR count). The fourth-order valence-electron chi connectivity index (χ4n) is 1.46. The van der Waals surface area contributed by atoms with Gasteiger partial charge in [-0.15, -0.1) is 0 Å². The van der Waals surface area contributed by atoms with E-state index in [4.69, 9.17) is 4.42 Å². The van der Waals surface area contributed by atoms with E-state index in [1.807, 2.05) is 0 Å². The van der Waals surface area contributed by atoms with E-state index < -0.39 is 17.8 Å². The highest BCUT2D eigenvalue weighted by molar-refractivity contribution is 5.90. The van der Waals surface area contributed by atoms with Crippen LogP contribution in [0.3, 0.4) is 0 Å². The Balaban J connectivity index is 2.61. The lowest BCUT2D eigenvalue weighted by atomic mass is 10.1. The van der Waals surface area contributed by atoms with Crippen LogP contribution >= 0.6 is 0 Å². The molecule has 2 aromatic heterocycles. The lowest BCUT2D eigenvalue weighted by Gasteiger charge is -2.10. The molecule has 0 aliphatic carbocycles. The Labute approximate surface area is 105 Å². The summed E-state index contributed by atoms with van der Waals surface area (Å²) < 4.78 is 47.7. The van der Waals surface area contributed by atoms with E-state index in [-0.39, 0.29) is 16.9 Å². The molecular weight excluding hydrogens is 265 g/mol. The van der Waals surface area contributed by atoms with E-state index in [1.165, 1.54) is 0 Å². The van der Waals surface area contributed by atoms with Crippen molar-refractivity contribution in [2.45, 2.75) is 6.18 Å². The summed E-state index contributed by atoms with van der Waals surface area (Å²) in [5, 5.41) is 0. The first-order chi connectivity index (χ1) is 8.93. The molecule has 0 radical (unpaired) electrons. The second-order valence-corrected chi connectivity index (χ2v) is 3.48. The number of hydrogen-bond acceptors (Lipinski definition) is 5. The van der Waals surface area contributed by atoms with Gasteiger partial charge in [-0.05, 0) is 6.07 Å². The molecule has 19 heavy (non-hydrogen) atoms. The van der Waals surface area contributed by atoms with Crippen molar-refractivity contribution in [2.75, 3.05) is 7.11 Å². The van der Waals surface area contributed by atoms with Crippen molar-refractivity contribution in [1.29, 1.82) is 0 Å². The van der Waals surface area contributed by atoms with Crippen molar-refractivity contribution in [1.82, 2.24) is 9.97 Å². The topological polar surface area (TPSA) is 65.2 Å². The third-order valence-corrected chi connectivity index (χ3v) is 2.28. The first-order valence-corrected chi connectivity index (χ1v) is 4.98. The molecule has 2 heterocycles. The summed E-state index contributed by atoms with van der Waals surface area (Å²) in [5.41, 5.74) is -1.63. The van der Waals surface area contributed by atoms with Gasteiger partial charge in [-0.1, -0.05) is 0 Å². The van der Waals surface area contributed by atoms with E-state index >= 15 is 0 Å². The maximum Gasteiger partial charge on any atom is 0.434 e. The fourth-order valence-corrected chi connectivity index (χ4v) is 1.46. The number of nitrogens with zero attached hydrogens (tertiary/aromatic N) is 2. The maximum atomic E-state index is 12.8. The van der Waals surface area contributed by atoms with Crippen LogP contribution in [0.15, 0.2) is 29.3 Å². The summed E-state index contributed by atoms with van der Waals surface area (Å²) in [7, 11) is 1.12. The Hall–Kier alpha value is -2.38. The molecular formula is C11H7F3N2O3. The van der Waals surface area contributed by atoms with Crippen LogP contribution in [0, 0.1) is 0 Å². The van der Waals surface area contributed by atoms with Crippen LogP contribution in [0.5, 0.6) is 0 Å². The molecule has 0 aliphatic heterocycles. The van der Waals surface area contributed by atoms with Crippen LogP contribution in [-0.4, -0.2) is 23.0 Å². The zero-order valence-corrected chi connectivity index (χ0v) is 9.56. The van der Waals surface area contributed by atoms with Crippen molar-refractivity contribution < 1.29 is 27.1 Å². The normalized spacial score (nSPS) is 11.4. The minimum Gasteiger partial charge on any atom is -0.465 e. The van der Waals surface area contributed by atoms with Gasteiger partial charge in [0.1, 0.15) is 0 Å². The predicted molar refractivity (Wildman–Crippen MR) is 56.1 cm³/mol. The van der Waals surface area contributed by atoms with Crippen LogP contribution in [0.25, 0.3) is 11.3 Å². The highest BCUT2D eigenvalue weighted by Gasteiger charge is 2.37. The number of hydrogen-bond donors (Lipinski definition) is 0. The standard InChI is InChI=1S/C11H7F3N2O3/c1-18-10(17)6-2-7(8-4-15-5-19-8)9(16-3-6)11(12,13)14/h2-5H,1H3. The Kier molecular flexibility index (Phi) is 3.24. The van der Waals surface area contributed by atoms with E-state index in [1.54, 1.807) is 0 Å². The number of rotatable bonds is 2. The Morgan fingerprint density at radius 1 is 1.37 bits per heavy atom. The minimum absolute atomic E-state index is 0.109. The average Bonchev–Trinajstić information content (AvgIpc) is 2.89. The van der Waals surface area contributed by atoms with Gasteiger partial charge < -0.3 is 9.15 Å². The molecule has 0 N–H and O–H groups in total. The van der Waals surface area contributed by atoms with Crippen LogP contribution in [0.4, 0.5) is 13.2 Å². The quantitative estimate of drug-likeness (QED) is 0.786. The number of carbonyl (C=O) groups excluding carboxylic acids is 1. The first-order valence-electron chi connectivity index (χ1n) is 4.98. The van der Waals surface area contributed by atoms with Crippen LogP contribution in [0.2, 0.25) is 0 Å². The van der Waals surface area contributed by atoms with E-state index in [2.05, 4.69) is 14.7 Å². The van der Waals surface area contributed by atoms with Gasteiger partial charge in [-0.25, -0.2) is 9.78 Å². The molecule has 0 fully saturated rings. The van der Waals surface area contributed by atoms with E-state index in [0.29, 0.717) is 0 Å². The smallest absolute Gasteiger partial charge is 0.434 e. The number of oxazole rings is 1. The van der Waals surface area contributed by atoms with Crippen molar-refractivity contribution in [3.8, 4) is 11.3 Å². The number of alkyl halides is 3. The van der Waals surface area contributed by atoms with Gasteiger partial charge in [0.25, 0.3) is 0 Å². The second kappa shape index (κ2) is 4.71. The SMILES string of the molecule is COC(=O)c1cnc(C(F)(F)F)c(-c2cnco2)c1. The zero-order chi connectivity index (χ0) is 14.0. The fraction of sp³-hybridized carbons (Fsp3) is 0.182. The van der Waals surface area contributed by atoms with Gasteiger partial charge in [0.15, 0.2) is 17.8 Å². The largest absolute Gasteiger partial charge is 0.465 e. The number of esters is 1. The van der Waals surface area contributed by atoms with Gasteiger partial charge in [0.05, 0.1) is 24.4 Å². The molecule has 5 nitrogen and oxygen atoms in total. The number of aromatic nitrogens is 2. The third kappa shape index (κ3) is 2.56. The summed E-state index contributed by atoms with van der Waals surface area (Å²) in [5.74, 6) is -0.924. The summed E-state index contributed by atoms with van der Waals surface area (Å²) in [6.07, 6.45) is -1.78. The first kappa shape index (κ1) is 13.1. The van der Waals surface area contributed by atoms with Crippen molar-refractivity contribution in [2.24, 2.45) is 0 Å². The van der Waals surface area contributed by atoms with Crippen LogP contribution in [-0.2, 0) is 10.9 Å². The number of carbonyl (C=O) groups is 1. The predicted octanol–water partition coefficient (Wildman–Crippen LogP) is 2.54. The number of methoxy groups -OCH3 is 1. The van der Waals surface area contributed by atoms with Gasteiger partial charge in [0, 0.05) is 6.20 Å². The molecule has 0 aromatic carbocycles. The highest BCUT2D eigenvalue weighted by atomic mass is 19.4. The number of halogens is 3. The lowest BCUT2D eigenvalue weighted by molar-refractivity contribution is -0.140. The van der Waals surface area contributed by atoms with Crippen molar-refractivity contribution >= 4 is 5.97 Å². The number of ether oxygens (including phenoxy) is 1. The molecule has 0 spiro atoms. The molecule has 2 aromatic rings. The van der Waals surface area contributed by atoms with Crippen LogP contribution in [0.1, 0.15) is 16.1 Å². The molecule has 0 unspecified atom stereocenters. The molecule has 100 valence electrons. The zero-order valence-electron chi connectivity index (χ0n) is 9.56. The maximum absolute atomic E-state index is 12.8. The summed E-state index contributed by atoms with van der Waals surface area (Å²) in [4.78, 5) is 18.1.